The average molecular weight is 487 g/mol. The number of hydrogen-bond donors (Lipinski definition) is 1. The van der Waals surface area contributed by atoms with E-state index in [4.69, 9.17) is 23.2 Å². The summed E-state index contributed by atoms with van der Waals surface area (Å²) in [5.74, 6) is -2.67. The molecule has 1 aromatic heterocycles. The maximum absolute atomic E-state index is 13.4. The van der Waals surface area contributed by atoms with Crippen LogP contribution in [0.1, 0.15) is 29.8 Å². The molecule has 0 unspecified atom stereocenters. The Morgan fingerprint density at radius 3 is 2.40 bits per heavy atom. The summed E-state index contributed by atoms with van der Waals surface area (Å²) in [4.78, 5) is 12.0. The second kappa shape index (κ2) is 7.72. The molecule has 0 aliphatic heterocycles. The summed E-state index contributed by atoms with van der Waals surface area (Å²) in [6, 6.07) is 3.40. The molecule has 30 heavy (non-hydrogen) atoms. The molecular formula is C18H16Cl2F4N2O3S. The van der Waals surface area contributed by atoms with E-state index in [9.17, 15) is 30.8 Å². The minimum absolute atomic E-state index is 0.124. The van der Waals surface area contributed by atoms with Crippen molar-refractivity contribution in [1.29, 1.82) is 0 Å². The number of aryl methyl sites for hydroxylation is 1. The van der Waals surface area contributed by atoms with E-state index in [1.54, 1.807) is 0 Å². The Morgan fingerprint density at radius 1 is 1.27 bits per heavy atom. The number of sulfone groups is 1. The highest BCUT2D eigenvalue weighted by molar-refractivity contribution is 7.91. The lowest BCUT2D eigenvalue weighted by Crippen LogP contribution is -2.48. The van der Waals surface area contributed by atoms with Crippen molar-refractivity contribution in [2.24, 2.45) is 12.5 Å². The lowest BCUT2D eigenvalue weighted by molar-refractivity contribution is -0.241. The zero-order valence-electron chi connectivity index (χ0n) is 15.5. The zero-order chi connectivity index (χ0) is 22.5. The number of alkyl halides is 3. The Labute approximate surface area is 179 Å². The Morgan fingerprint density at radius 2 is 1.90 bits per heavy atom. The summed E-state index contributed by atoms with van der Waals surface area (Å²) in [5.41, 5.74) is -2.46. The second-order valence-corrected chi connectivity index (χ2v) is 9.98. The first-order chi connectivity index (χ1) is 13.8. The molecule has 1 fully saturated rings. The molecule has 0 radical (unpaired) electrons. The fourth-order valence-corrected chi connectivity index (χ4v) is 6.19. The van der Waals surface area contributed by atoms with Crippen molar-refractivity contribution in [1.82, 2.24) is 4.57 Å². The number of hydrogen-bond acceptors (Lipinski definition) is 3. The number of carbonyl (C=O) groups excluding carboxylic acids is 1. The molecule has 0 spiro atoms. The SMILES string of the molecule is Cn1cc(S(=O)(=O)CC2(C(F)(F)F)CCC2)c(Cl)c1C(=O)Nc1ccc(F)c(Cl)c1. The van der Waals surface area contributed by atoms with Gasteiger partial charge in [-0.2, -0.15) is 13.2 Å². The molecule has 2 aromatic rings. The van der Waals surface area contributed by atoms with Crippen molar-refractivity contribution in [3.05, 3.63) is 46.0 Å². The fraction of sp³-hybridized carbons (Fsp3) is 0.389. The third kappa shape index (κ3) is 4.04. The van der Waals surface area contributed by atoms with Crippen molar-refractivity contribution in [3.8, 4) is 0 Å². The zero-order valence-corrected chi connectivity index (χ0v) is 17.8. The van der Waals surface area contributed by atoms with Crippen molar-refractivity contribution >= 4 is 44.6 Å². The first-order valence-corrected chi connectivity index (χ1v) is 11.1. The standard InChI is InChI=1S/C18H16Cl2F4N2O3S/c1-26-8-13(30(28,29)9-17(5-2-6-17)18(22,23)24)14(20)15(26)16(27)25-10-3-4-12(21)11(19)7-10/h3-4,7-8H,2,5-6,9H2,1H3,(H,25,27). The Balaban J connectivity index is 1.91. The van der Waals surface area contributed by atoms with Crippen LogP contribution in [0.15, 0.2) is 29.3 Å². The van der Waals surface area contributed by atoms with Crippen LogP contribution in [0.5, 0.6) is 0 Å². The fourth-order valence-electron chi connectivity index (χ4n) is 3.36. The number of rotatable bonds is 5. The highest BCUT2D eigenvalue weighted by atomic mass is 35.5. The summed E-state index contributed by atoms with van der Waals surface area (Å²) in [5, 5.41) is 1.67. The van der Waals surface area contributed by atoms with Gasteiger partial charge in [0.1, 0.15) is 16.4 Å². The van der Waals surface area contributed by atoms with Gasteiger partial charge in [0.05, 0.1) is 21.2 Å². The summed E-state index contributed by atoms with van der Waals surface area (Å²) in [6.07, 6.45) is -3.93. The van der Waals surface area contributed by atoms with Crippen molar-refractivity contribution in [3.63, 3.8) is 0 Å². The largest absolute Gasteiger partial charge is 0.395 e. The molecule has 1 aromatic carbocycles. The highest BCUT2D eigenvalue weighted by Crippen LogP contribution is 2.54. The van der Waals surface area contributed by atoms with E-state index in [-0.39, 0.29) is 35.7 Å². The first kappa shape index (κ1) is 22.9. The topological polar surface area (TPSA) is 68.2 Å². The van der Waals surface area contributed by atoms with Crippen LogP contribution in [-0.2, 0) is 16.9 Å². The molecule has 12 heteroatoms. The van der Waals surface area contributed by atoms with Crippen molar-refractivity contribution in [2.45, 2.75) is 30.3 Å². The van der Waals surface area contributed by atoms with Gasteiger partial charge in [-0.3, -0.25) is 4.79 Å². The number of benzene rings is 1. The van der Waals surface area contributed by atoms with Gasteiger partial charge in [-0.15, -0.1) is 0 Å². The summed E-state index contributed by atoms with van der Waals surface area (Å²) in [7, 11) is -3.10. The van der Waals surface area contributed by atoms with Gasteiger partial charge in [0.2, 0.25) is 0 Å². The van der Waals surface area contributed by atoms with Crippen molar-refractivity contribution in [2.75, 3.05) is 11.1 Å². The molecule has 0 saturated heterocycles. The molecular weight excluding hydrogens is 471 g/mol. The van der Waals surface area contributed by atoms with E-state index >= 15 is 0 Å². The summed E-state index contributed by atoms with van der Waals surface area (Å²) >= 11 is 11.8. The molecule has 0 bridgehead atoms. The van der Waals surface area contributed by atoms with Crippen LogP contribution in [0.4, 0.5) is 23.2 Å². The van der Waals surface area contributed by atoms with Crippen LogP contribution in [0.25, 0.3) is 0 Å². The Hall–Kier alpha value is -1.78. The lowest BCUT2D eigenvalue weighted by Gasteiger charge is -2.42. The predicted molar refractivity (Wildman–Crippen MR) is 104 cm³/mol. The second-order valence-electron chi connectivity index (χ2n) is 7.24. The van der Waals surface area contributed by atoms with Gasteiger partial charge >= 0.3 is 6.18 Å². The number of halogens is 6. The smallest absolute Gasteiger partial charge is 0.344 e. The van der Waals surface area contributed by atoms with E-state index in [0.717, 1.165) is 22.9 Å². The summed E-state index contributed by atoms with van der Waals surface area (Å²) in [6.45, 7) is 0. The third-order valence-corrected chi connectivity index (χ3v) is 7.89. The molecule has 164 valence electrons. The lowest BCUT2D eigenvalue weighted by atomic mass is 9.70. The number of nitrogens with zero attached hydrogens (tertiary/aromatic N) is 1. The van der Waals surface area contributed by atoms with E-state index in [0.29, 0.717) is 0 Å². The molecule has 1 amide bonds. The van der Waals surface area contributed by atoms with Gasteiger partial charge in [-0.1, -0.05) is 29.6 Å². The van der Waals surface area contributed by atoms with Gasteiger partial charge in [-0.05, 0) is 31.0 Å². The minimum atomic E-state index is -4.67. The number of anilines is 1. The number of carbonyl (C=O) groups is 1. The van der Waals surface area contributed by atoms with E-state index in [1.807, 2.05) is 0 Å². The van der Waals surface area contributed by atoms with Gasteiger partial charge in [-0.25, -0.2) is 12.8 Å². The van der Waals surface area contributed by atoms with Gasteiger partial charge in [0, 0.05) is 18.9 Å². The third-order valence-electron chi connectivity index (χ3n) is 5.19. The monoisotopic (exact) mass is 486 g/mol. The van der Waals surface area contributed by atoms with Crippen LogP contribution >= 0.6 is 23.2 Å². The van der Waals surface area contributed by atoms with Gasteiger partial charge in [0.25, 0.3) is 5.91 Å². The Bertz CT molecular complexity index is 1110. The van der Waals surface area contributed by atoms with E-state index < -0.39 is 48.8 Å². The Kier molecular flexibility index (Phi) is 5.90. The minimum Gasteiger partial charge on any atom is -0.344 e. The maximum atomic E-state index is 13.4. The molecule has 3 rings (SSSR count). The van der Waals surface area contributed by atoms with E-state index in [2.05, 4.69) is 5.32 Å². The van der Waals surface area contributed by atoms with Crippen LogP contribution in [-0.4, -0.2) is 30.8 Å². The highest BCUT2D eigenvalue weighted by Gasteiger charge is 2.60. The maximum Gasteiger partial charge on any atom is 0.395 e. The quantitative estimate of drug-likeness (QED) is 0.588. The summed E-state index contributed by atoms with van der Waals surface area (Å²) < 4.78 is 80.1. The molecule has 1 saturated carbocycles. The predicted octanol–water partition coefficient (Wildman–Crippen LogP) is 5.23. The van der Waals surface area contributed by atoms with Crippen LogP contribution in [0.2, 0.25) is 10.0 Å². The molecule has 0 atom stereocenters. The average Bonchev–Trinajstić information content (AvgIpc) is 2.89. The molecule has 1 N–H and O–H groups in total. The van der Waals surface area contributed by atoms with Crippen LogP contribution in [0, 0.1) is 11.2 Å². The molecule has 1 aliphatic carbocycles. The number of nitrogens with one attached hydrogen (secondary N) is 1. The molecule has 1 aliphatic rings. The van der Waals surface area contributed by atoms with Gasteiger partial charge in [0.15, 0.2) is 9.84 Å². The first-order valence-electron chi connectivity index (χ1n) is 8.68. The molecule has 1 heterocycles. The number of amides is 1. The normalized spacial score (nSPS) is 16.2. The number of aromatic nitrogens is 1. The molecule has 5 nitrogen and oxygen atoms in total. The van der Waals surface area contributed by atoms with Crippen LogP contribution in [0.3, 0.4) is 0 Å². The van der Waals surface area contributed by atoms with Crippen LogP contribution < -0.4 is 5.32 Å². The van der Waals surface area contributed by atoms with E-state index in [1.165, 1.54) is 13.1 Å². The van der Waals surface area contributed by atoms with Gasteiger partial charge < -0.3 is 9.88 Å². The van der Waals surface area contributed by atoms with Crippen molar-refractivity contribution < 1.29 is 30.8 Å².